The Labute approximate surface area is 159 Å². The number of nitrogens with one attached hydrogen (secondary N) is 2. The summed E-state index contributed by atoms with van der Waals surface area (Å²) in [4.78, 5) is 21.9. The first kappa shape index (κ1) is 19.7. The Morgan fingerprint density at radius 3 is 2.75 bits per heavy atom. The zero-order valence-electron chi connectivity index (χ0n) is 15.4. The minimum atomic E-state index is -4.57. The normalized spacial score (nSPS) is 15.3. The summed E-state index contributed by atoms with van der Waals surface area (Å²) in [5, 5.41) is 5.57. The van der Waals surface area contributed by atoms with Crippen LogP contribution < -0.4 is 15.4 Å². The molecule has 1 aromatic carbocycles. The zero-order chi connectivity index (χ0) is 20.3. The van der Waals surface area contributed by atoms with Crippen molar-refractivity contribution >= 4 is 23.4 Å². The number of anilines is 3. The van der Waals surface area contributed by atoms with Crippen LogP contribution in [0.15, 0.2) is 24.4 Å². The van der Waals surface area contributed by atoms with Crippen LogP contribution in [0.5, 0.6) is 5.75 Å². The van der Waals surface area contributed by atoms with E-state index in [4.69, 9.17) is 4.74 Å². The fourth-order valence-electron chi connectivity index (χ4n) is 2.85. The molecule has 4 bridgehead atoms. The van der Waals surface area contributed by atoms with Gasteiger partial charge in [-0.05, 0) is 31.0 Å². The number of halogens is 3. The van der Waals surface area contributed by atoms with Gasteiger partial charge in [-0.15, -0.1) is 0 Å². The lowest BCUT2D eigenvalue weighted by molar-refractivity contribution is -0.137. The van der Waals surface area contributed by atoms with Crippen LogP contribution in [-0.2, 0) is 6.18 Å². The van der Waals surface area contributed by atoms with Gasteiger partial charge in [-0.2, -0.15) is 18.2 Å². The first-order chi connectivity index (χ1) is 13.3. The van der Waals surface area contributed by atoms with Gasteiger partial charge in [0.25, 0.3) is 5.91 Å². The van der Waals surface area contributed by atoms with Crippen molar-refractivity contribution in [3.8, 4) is 5.75 Å². The van der Waals surface area contributed by atoms with Gasteiger partial charge in [0, 0.05) is 31.9 Å². The molecule has 0 radical (unpaired) electrons. The van der Waals surface area contributed by atoms with Crippen molar-refractivity contribution in [2.24, 2.45) is 0 Å². The summed E-state index contributed by atoms with van der Waals surface area (Å²) >= 11 is 0. The van der Waals surface area contributed by atoms with Crippen LogP contribution in [-0.4, -0.2) is 48.0 Å². The molecule has 0 unspecified atom stereocenters. The number of methoxy groups -OCH3 is 1. The van der Waals surface area contributed by atoms with Crippen molar-refractivity contribution in [2.75, 3.05) is 37.9 Å². The molecule has 0 saturated heterocycles. The lowest BCUT2D eigenvalue weighted by Crippen LogP contribution is -2.28. The van der Waals surface area contributed by atoms with Crippen molar-refractivity contribution < 1.29 is 22.7 Å². The van der Waals surface area contributed by atoms with E-state index in [1.165, 1.54) is 7.11 Å². The van der Waals surface area contributed by atoms with Crippen LogP contribution in [0.4, 0.5) is 30.6 Å². The van der Waals surface area contributed by atoms with E-state index < -0.39 is 11.7 Å². The number of fused-ring (bicyclic) bond motifs is 4. The number of alkyl halides is 3. The van der Waals surface area contributed by atoms with E-state index in [9.17, 15) is 18.0 Å². The van der Waals surface area contributed by atoms with E-state index in [0.717, 1.165) is 6.20 Å². The molecule has 0 atom stereocenters. The van der Waals surface area contributed by atoms with Gasteiger partial charge in [0.05, 0.1) is 12.8 Å². The molecule has 1 aliphatic rings. The largest absolute Gasteiger partial charge is 0.495 e. The van der Waals surface area contributed by atoms with Gasteiger partial charge >= 0.3 is 6.18 Å². The van der Waals surface area contributed by atoms with E-state index in [-0.39, 0.29) is 24.2 Å². The number of aromatic nitrogens is 2. The zero-order valence-corrected chi connectivity index (χ0v) is 15.4. The highest BCUT2D eigenvalue weighted by molar-refractivity contribution is 5.95. The Kier molecular flexibility index (Phi) is 5.57. The molecule has 1 aromatic heterocycles. The first-order valence-corrected chi connectivity index (χ1v) is 8.68. The number of ether oxygens (including phenoxy) is 1. The average molecular weight is 395 g/mol. The smallest absolute Gasteiger partial charge is 0.421 e. The maximum Gasteiger partial charge on any atom is 0.421 e. The molecule has 1 aliphatic heterocycles. The van der Waals surface area contributed by atoms with Gasteiger partial charge in [0.2, 0.25) is 5.95 Å². The highest BCUT2D eigenvalue weighted by atomic mass is 19.4. The van der Waals surface area contributed by atoms with E-state index in [0.29, 0.717) is 36.4 Å². The molecular formula is C18H20F3N5O2. The van der Waals surface area contributed by atoms with Crippen LogP contribution in [0, 0.1) is 0 Å². The molecule has 2 aromatic rings. The van der Waals surface area contributed by atoms with Gasteiger partial charge in [0.15, 0.2) is 0 Å². The van der Waals surface area contributed by atoms with Crippen molar-refractivity contribution in [3.63, 3.8) is 0 Å². The maximum atomic E-state index is 13.3. The van der Waals surface area contributed by atoms with Crippen molar-refractivity contribution in [1.29, 1.82) is 0 Å². The first-order valence-electron chi connectivity index (χ1n) is 8.68. The number of benzene rings is 1. The SMILES string of the molecule is COc1ccc2cc1Nc1ncc(C(F)(F)F)c(n1)NCCCCN(C)C2=O. The summed E-state index contributed by atoms with van der Waals surface area (Å²) in [5.41, 5.74) is -0.129. The molecule has 10 heteroatoms. The minimum absolute atomic E-state index is 0.0381. The highest BCUT2D eigenvalue weighted by Crippen LogP contribution is 2.35. The number of hydrogen-bond donors (Lipinski definition) is 2. The second kappa shape index (κ2) is 7.91. The summed E-state index contributed by atoms with van der Waals surface area (Å²) < 4.78 is 45.0. The number of amides is 1. The summed E-state index contributed by atoms with van der Waals surface area (Å²) in [6.45, 7) is 0.770. The quantitative estimate of drug-likeness (QED) is 0.769. The molecule has 2 N–H and O–H groups in total. The number of carbonyl (C=O) groups excluding carboxylic acids is 1. The van der Waals surface area contributed by atoms with Gasteiger partial charge in [-0.25, -0.2) is 4.98 Å². The standard InChI is InChI=1S/C18H20F3N5O2/c1-26-8-4-3-7-22-15-12(18(19,20)21)10-23-17(25-15)24-13-9-11(16(26)27)5-6-14(13)28-2/h5-6,9-10H,3-4,7-8H2,1-2H3,(H2,22,23,24,25). The van der Waals surface area contributed by atoms with E-state index in [1.54, 1.807) is 30.1 Å². The molecule has 0 aliphatic carbocycles. The van der Waals surface area contributed by atoms with Crippen LogP contribution >= 0.6 is 0 Å². The molecule has 2 heterocycles. The Hall–Kier alpha value is -3.04. The lowest BCUT2D eigenvalue weighted by Gasteiger charge is -2.20. The van der Waals surface area contributed by atoms with Gasteiger partial charge in [0.1, 0.15) is 17.1 Å². The van der Waals surface area contributed by atoms with Crippen molar-refractivity contribution in [3.05, 3.63) is 35.5 Å². The summed E-state index contributed by atoms with van der Waals surface area (Å²) in [5.74, 6) is -0.0838. The Morgan fingerprint density at radius 2 is 2.04 bits per heavy atom. The highest BCUT2D eigenvalue weighted by Gasteiger charge is 2.35. The molecular weight excluding hydrogens is 375 g/mol. The van der Waals surface area contributed by atoms with E-state index >= 15 is 0 Å². The molecule has 0 spiro atoms. The predicted octanol–water partition coefficient (Wildman–Crippen LogP) is 3.53. The predicted molar refractivity (Wildman–Crippen MR) is 98.0 cm³/mol. The van der Waals surface area contributed by atoms with Crippen LogP contribution in [0.1, 0.15) is 28.8 Å². The summed E-state index contributed by atoms with van der Waals surface area (Å²) in [6, 6.07) is 4.81. The molecule has 150 valence electrons. The second-order valence-electron chi connectivity index (χ2n) is 6.35. The molecule has 7 nitrogen and oxygen atoms in total. The average Bonchev–Trinajstić information content (AvgIpc) is 2.65. The Morgan fingerprint density at radius 1 is 1.25 bits per heavy atom. The fraction of sp³-hybridized carbons (Fsp3) is 0.389. The molecule has 0 saturated carbocycles. The van der Waals surface area contributed by atoms with Crippen LogP contribution in [0.25, 0.3) is 0 Å². The number of rotatable bonds is 1. The summed E-state index contributed by atoms with van der Waals surface area (Å²) in [6.07, 6.45) is -2.62. The lowest BCUT2D eigenvalue weighted by atomic mass is 10.1. The van der Waals surface area contributed by atoms with E-state index in [2.05, 4.69) is 20.6 Å². The minimum Gasteiger partial charge on any atom is -0.495 e. The number of hydrogen-bond acceptors (Lipinski definition) is 6. The van der Waals surface area contributed by atoms with Gasteiger partial charge in [-0.3, -0.25) is 4.79 Å². The van der Waals surface area contributed by atoms with Crippen LogP contribution in [0.3, 0.4) is 0 Å². The number of carbonyl (C=O) groups is 1. The molecule has 3 rings (SSSR count). The van der Waals surface area contributed by atoms with E-state index in [1.807, 2.05) is 0 Å². The second-order valence-corrected chi connectivity index (χ2v) is 6.35. The molecule has 1 amide bonds. The third-order valence-electron chi connectivity index (χ3n) is 4.35. The van der Waals surface area contributed by atoms with Crippen molar-refractivity contribution in [1.82, 2.24) is 14.9 Å². The Bertz CT molecular complexity index is 873. The third kappa shape index (κ3) is 4.26. The van der Waals surface area contributed by atoms with Gasteiger partial charge < -0.3 is 20.3 Å². The van der Waals surface area contributed by atoms with Crippen molar-refractivity contribution in [2.45, 2.75) is 19.0 Å². The Balaban J connectivity index is 2.06. The monoisotopic (exact) mass is 395 g/mol. The summed E-state index contributed by atoms with van der Waals surface area (Å²) in [7, 11) is 3.14. The molecule has 28 heavy (non-hydrogen) atoms. The topological polar surface area (TPSA) is 79.4 Å². The maximum absolute atomic E-state index is 13.3. The number of nitrogens with zero attached hydrogens (tertiary/aromatic N) is 3. The third-order valence-corrected chi connectivity index (χ3v) is 4.35. The molecule has 0 fully saturated rings. The fourth-order valence-corrected chi connectivity index (χ4v) is 2.85. The van der Waals surface area contributed by atoms with Crippen LogP contribution in [0.2, 0.25) is 0 Å². The van der Waals surface area contributed by atoms with Gasteiger partial charge in [-0.1, -0.05) is 0 Å².